The summed E-state index contributed by atoms with van der Waals surface area (Å²) in [7, 11) is -3.54. The van der Waals surface area contributed by atoms with Crippen molar-refractivity contribution in [3.05, 3.63) is 53.6 Å². The van der Waals surface area contributed by atoms with Gasteiger partial charge in [0.25, 0.3) is 5.91 Å². The fourth-order valence-corrected chi connectivity index (χ4v) is 5.73. The molecule has 0 bridgehead atoms. The van der Waals surface area contributed by atoms with E-state index in [1.165, 1.54) is 16.4 Å². The lowest BCUT2D eigenvalue weighted by atomic mass is 10.0. The highest BCUT2D eigenvalue weighted by molar-refractivity contribution is 7.89. The molecular weight excluding hydrogens is 416 g/mol. The first kappa shape index (κ1) is 21.6. The standard InChI is InChI=1S/C23H28N2O5S/c1-3-24(4-2)31(27,28)19-10-7-17(8-11-19)23(26)25-13-5-6-20(25)18-9-12-21-22(16-18)30-15-14-29-21/h7-12,16,20H,3-6,13-15H2,1-2H3. The summed E-state index contributed by atoms with van der Waals surface area (Å²) in [6, 6.07) is 12.1. The SMILES string of the molecule is CCN(CC)S(=O)(=O)c1ccc(C(=O)N2CCCC2c2ccc3c(c2)OCCO3)cc1. The van der Waals surface area contributed by atoms with Gasteiger partial charge in [0, 0.05) is 25.2 Å². The van der Waals surface area contributed by atoms with Crippen molar-refractivity contribution in [2.75, 3.05) is 32.8 Å². The number of carbonyl (C=O) groups excluding carboxylic acids is 1. The third-order valence-electron chi connectivity index (χ3n) is 5.91. The fourth-order valence-electron chi connectivity index (χ4n) is 4.27. The van der Waals surface area contributed by atoms with E-state index < -0.39 is 10.0 Å². The van der Waals surface area contributed by atoms with Crippen LogP contribution in [0.5, 0.6) is 11.5 Å². The van der Waals surface area contributed by atoms with Gasteiger partial charge in [-0.05, 0) is 54.8 Å². The summed E-state index contributed by atoms with van der Waals surface area (Å²) >= 11 is 0. The topological polar surface area (TPSA) is 76.2 Å². The maximum Gasteiger partial charge on any atom is 0.254 e. The summed E-state index contributed by atoms with van der Waals surface area (Å²) in [6.07, 6.45) is 1.79. The van der Waals surface area contributed by atoms with E-state index in [-0.39, 0.29) is 16.8 Å². The Balaban J connectivity index is 1.55. The van der Waals surface area contributed by atoms with E-state index in [9.17, 15) is 13.2 Å². The predicted octanol–water partition coefficient (Wildman–Crippen LogP) is 3.47. The highest BCUT2D eigenvalue weighted by atomic mass is 32.2. The molecule has 1 amide bonds. The van der Waals surface area contributed by atoms with Gasteiger partial charge in [-0.3, -0.25) is 4.79 Å². The Morgan fingerprint density at radius 1 is 1.03 bits per heavy atom. The van der Waals surface area contributed by atoms with Crippen LogP contribution in [0.25, 0.3) is 0 Å². The van der Waals surface area contributed by atoms with Crippen LogP contribution in [0.15, 0.2) is 47.4 Å². The lowest BCUT2D eigenvalue weighted by Gasteiger charge is -2.27. The zero-order valence-corrected chi connectivity index (χ0v) is 18.7. The molecule has 1 fully saturated rings. The Labute approximate surface area is 183 Å². The molecule has 4 rings (SSSR count). The summed E-state index contributed by atoms with van der Waals surface area (Å²) in [5, 5.41) is 0. The van der Waals surface area contributed by atoms with E-state index in [1.807, 2.05) is 36.9 Å². The molecule has 2 aliphatic rings. The first-order chi connectivity index (χ1) is 15.0. The molecule has 0 N–H and O–H groups in total. The summed E-state index contributed by atoms with van der Waals surface area (Å²) in [5.74, 6) is 1.36. The smallest absolute Gasteiger partial charge is 0.254 e. The van der Waals surface area contributed by atoms with Gasteiger partial charge in [-0.25, -0.2) is 8.42 Å². The minimum atomic E-state index is -3.54. The molecule has 31 heavy (non-hydrogen) atoms. The third kappa shape index (κ3) is 4.14. The van der Waals surface area contributed by atoms with Crippen LogP contribution < -0.4 is 9.47 Å². The molecule has 7 nitrogen and oxygen atoms in total. The lowest BCUT2D eigenvalue weighted by molar-refractivity contribution is 0.0735. The average Bonchev–Trinajstić information content (AvgIpc) is 3.29. The van der Waals surface area contributed by atoms with Crippen molar-refractivity contribution >= 4 is 15.9 Å². The Morgan fingerprint density at radius 2 is 1.71 bits per heavy atom. The van der Waals surface area contributed by atoms with E-state index in [2.05, 4.69) is 0 Å². The predicted molar refractivity (Wildman–Crippen MR) is 117 cm³/mol. The number of nitrogens with zero attached hydrogens (tertiary/aromatic N) is 2. The monoisotopic (exact) mass is 444 g/mol. The molecule has 2 aliphatic heterocycles. The lowest BCUT2D eigenvalue weighted by Crippen LogP contribution is -2.31. The number of amides is 1. The maximum atomic E-state index is 13.2. The molecule has 0 spiro atoms. The molecule has 1 saturated heterocycles. The average molecular weight is 445 g/mol. The zero-order valence-electron chi connectivity index (χ0n) is 17.9. The fraction of sp³-hybridized carbons (Fsp3) is 0.435. The largest absolute Gasteiger partial charge is 0.486 e. The van der Waals surface area contributed by atoms with Crippen molar-refractivity contribution < 1.29 is 22.7 Å². The number of sulfonamides is 1. The van der Waals surface area contributed by atoms with E-state index >= 15 is 0 Å². The molecule has 2 aromatic rings. The molecule has 1 unspecified atom stereocenters. The molecule has 1 atom stereocenters. The van der Waals surface area contributed by atoms with Crippen molar-refractivity contribution in [1.29, 1.82) is 0 Å². The molecule has 166 valence electrons. The van der Waals surface area contributed by atoms with Gasteiger partial charge >= 0.3 is 0 Å². The van der Waals surface area contributed by atoms with Gasteiger partial charge in [0.2, 0.25) is 10.0 Å². The first-order valence-corrected chi connectivity index (χ1v) is 12.2. The Kier molecular flexibility index (Phi) is 6.20. The van der Waals surface area contributed by atoms with Crippen LogP contribution in [-0.4, -0.2) is 56.4 Å². The Bertz CT molecular complexity index is 1050. The van der Waals surface area contributed by atoms with Gasteiger partial charge in [0.15, 0.2) is 11.5 Å². The number of hydrogen-bond donors (Lipinski definition) is 0. The van der Waals surface area contributed by atoms with Gasteiger partial charge < -0.3 is 14.4 Å². The van der Waals surface area contributed by atoms with Crippen molar-refractivity contribution in [2.24, 2.45) is 0 Å². The number of benzene rings is 2. The number of fused-ring (bicyclic) bond motifs is 1. The van der Waals surface area contributed by atoms with Crippen LogP contribution >= 0.6 is 0 Å². The summed E-state index contributed by atoms with van der Waals surface area (Å²) in [5.41, 5.74) is 1.51. The second kappa shape index (κ2) is 8.88. The minimum absolute atomic E-state index is 0.0394. The van der Waals surface area contributed by atoms with E-state index in [0.29, 0.717) is 44.2 Å². The zero-order chi connectivity index (χ0) is 22.0. The highest BCUT2D eigenvalue weighted by Crippen LogP contribution is 2.38. The second-order valence-electron chi connectivity index (χ2n) is 7.67. The molecule has 0 aliphatic carbocycles. The number of carbonyl (C=O) groups is 1. The third-order valence-corrected chi connectivity index (χ3v) is 7.97. The van der Waals surface area contributed by atoms with Crippen LogP contribution in [-0.2, 0) is 10.0 Å². The molecule has 2 heterocycles. The number of ether oxygens (including phenoxy) is 2. The second-order valence-corrected chi connectivity index (χ2v) is 9.61. The van der Waals surface area contributed by atoms with Crippen molar-refractivity contribution in [1.82, 2.24) is 9.21 Å². The number of rotatable bonds is 6. The number of likely N-dealkylation sites (tertiary alicyclic amines) is 1. The summed E-state index contributed by atoms with van der Waals surface area (Å²) in [4.78, 5) is 15.3. The highest BCUT2D eigenvalue weighted by Gasteiger charge is 2.32. The van der Waals surface area contributed by atoms with Crippen LogP contribution in [0.2, 0.25) is 0 Å². The van der Waals surface area contributed by atoms with Crippen LogP contribution in [0.4, 0.5) is 0 Å². The summed E-state index contributed by atoms with van der Waals surface area (Å²) < 4.78 is 38.1. The normalized spacial score (nSPS) is 18.4. The van der Waals surface area contributed by atoms with Gasteiger partial charge in [-0.15, -0.1) is 0 Å². The van der Waals surface area contributed by atoms with Crippen molar-refractivity contribution in [3.8, 4) is 11.5 Å². The first-order valence-electron chi connectivity index (χ1n) is 10.8. The molecule has 8 heteroatoms. The van der Waals surface area contributed by atoms with Crippen molar-refractivity contribution in [2.45, 2.75) is 37.6 Å². The summed E-state index contributed by atoms with van der Waals surface area (Å²) in [6.45, 7) is 6.16. The quantitative estimate of drug-likeness (QED) is 0.682. The van der Waals surface area contributed by atoms with E-state index in [1.54, 1.807) is 12.1 Å². The molecule has 0 saturated carbocycles. The van der Waals surface area contributed by atoms with Gasteiger partial charge in [0.1, 0.15) is 13.2 Å². The van der Waals surface area contributed by atoms with Crippen molar-refractivity contribution in [3.63, 3.8) is 0 Å². The molecule has 0 radical (unpaired) electrons. The Morgan fingerprint density at radius 3 is 2.39 bits per heavy atom. The Hall–Kier alpha value is -2.58. The molecule has 0 aromatic heterocycles. The van der Waals surface area contributed by atoms with Gasteiger partial charge in [0.05, 0.1) is 10.9 Å². The minimum Gasteiger partial charge on any atom is -0.486 e. The van der Waals surface area contributed by atoms with Crippen LogP contribution in [0, 0.1) is 0 Å². The van der Waals surface area contributed by atoms with E-state index in [4.69, 9.17) is 9.47 Å². The maximum absolute atomic E-state index is 13.2. The molecule has 2 aromatic carbocycles. The van der Waals surface area contributed by atoms with Gasteiger partial charge in [-0.2, -0.15) is 4.31 Å². The molecular formula is C23H28N2O5S. The van der Waals surface area contributed by atoms with Gasteiger partial charge in [-0.1, -0.05) is 19.9 Å². The van der Waals surface area contributed by atoms with Crippen LogP contribution in [0.3, 0.4) is 0 Å². The number of hydrogen-bond acceptors (Lipinski definition) is 5. The van der Waals surface area contributed by atoms with E-state index in [0.717, 1.165) is 24.2 Å². The van der Waals surface area contributed by atoms with Crippen LogP contribution in [0.1, 0.15) is 48.7 Å².